The molecule has 0 saturated heterocycles. The van der Waals surface area contributed by atoms with Gasteiger partial charge in [0, 0.05) is 29.7 Å². The van der Waals surface area contributed by atoms with Crippen molar-refractivity contribution in [1.29, 1.82) is 0 Å². The Morgan fingerprint density at radius 3 is 2.79 bits per heavy atom. The van der Waals surface area contributed by atoms with E-state index in [0.717, 1.165) is 11.3 Å². The number of rotatable bonds is 8. The molecule has 0 spiro atoms. The fraction of sp³-hybridized carbons (Fsp3) is 0.438. The summed E-state index contributed by atoms with van der Waals surface area (Å²) in [5, 5.41) is 0.546. The second-order valence-corrected chi connectivity index (χ2v) is 7.18. The molecule has 1 heterocycles. The molecule has 0 fully saturated rings. The van der Waals surface area contributed by atoms with Crippen molar-refractivity contribution in [3.63, 3.8) is 0 Å². The molecule has 0 aliphatic carbocycles. The number of halogens is 1. The van der Waals surface area contributed by atoms with Gasteiger partial charge in [0.25, 0.3) is 5.52 Å². The van der Waals surface area contributed by atoms with E-state index in [1.165, 1.54) is 0 Å². The van der Waals surface area contributed by atoms with E-state index in [0.29, 0.717) is 36.1 Å². The molecule has 0 unspecified atom stereocenters. The molecule has 0 saturated carbocycles. The van der Waals surface area contributed by atoms with Crippen LogP contribution in [-0.2, 0) is 21.4 Å². The van der Waals surface area contributed by atoms with E-state index in [1.807, 2.05) is 13.8 Å². The lowest BCUT2D eigenvalue weighted by atomic mass is 10.3. The Hall–Kier alpha value is -1.57. The normalized spacial score (nSPS) is 12.8. The van der Waals surface area contributed by atoms with Gasteiger partial charge in [-0.15, -0.1) is 0 Å². The zero-order valence-corrected chi connectivity index (χ0v) is 15.2. The van der Waals surface area contributed by atoms with E-state index in [2.05, 4.69) is 0 Å². The number of allylic oxidation sites excluding steroid dienone is 1. The van der Waals surface area contributed by atoms with Crippen molar-refractivity contribution in [2.75, 3.05) is 12.4 Å². The van der Waals surface area contributed by atoms with Crippen LogP contribution in [0.2, 0.25) is 5.02 Å². The van der Waals surface area contributed by atoms with Crippen LogP contribution in [0.3, 0.4) is 0 Å². The average molecular weight is 374 g/mol. The quantitative estimate of drug-likeness (QED) is 0.403. The van der Waals surface area contributed by atoms with Gasteiger partial charge in [0.2, 0.25) is 5.58 Å². The van der Waals surface area contributed by atoms with Gasteiger partial charge in [-0.25, -0.2) is 8.42 Å². The van der Waals surface area contributed by atoms with Gasteiger partial charge in [-0.3, -0.25) is 0 Å². The molecule has 0 N–H and O–H groups in total. The Bertz CT molecular complexity index is 842. The highest BCUT2D eigenvalue weighted by molar-refractivity contribution is 7.85. The van der Waals surface area contributed by atoms with E-state index in [4.69, 9.17) is 20.8 Å². The predicted octanol–water partition coefficient (Wildman–Crippen LogP) is 3.10. The summed E-state index contributed by atoms with van der Waals surface area (Å²) in [6.45, 7) is 4.73. The number of aromatic nitrogens is 1. The zero-order chi connectivity index (χ0) is 17.7. The van der Waals surface area contributed by atoms with Crippen LogP contribution in [0, 0.1) is 0 Å². The first kappa shape index (κ1) is 18.8. The number of fused-ring (bicyclic) bond motifs is 1. The lowest BCUT2D eigenvalue weighted by Gasteiger charge is -2.05. The van der Waals surface area contributed by atoms with Gasteiger partial charge in [-0.05, 0) is 19.1 Å². The first-order chi connectivity index (χ1) is 11.3. The van der Waals surface area contributed by atoms with Crippen molar-refractivity contribution in [3.8, 4) is 0 Å². The average Bonchev–Trinajstić information content (AvgIpc) is 2.83. The third-order valence-electron chi connectivity index (χ3n) is 3.43. The number of benzene rings is 1. The van der Waals surface area contributed by atoms with E-state index in [-0.39, 0.29) is 6.42 Å². The molecule has 2 aromatic rings. The number of oxazole rings is 1. The lowest BCUT2D eigenvalue weighted by molar-refractivity contribution is -0.677. The van der Waals surface area contributed by atoms with E-state index in [1.54, 1.807) is 28.8 Å². The van der Waals surface area contributed by atoms with Gasteiger partial charge in [0.05, 0.1) is 22.8 Å². The molecule has 0 bridgehead atoms. The number of hydrogen-bond donors (Lipinski definition) is 0. The summed E-state index contributed by atoms with van der Waals surface area (Å²) in [6, 6.07) is 5.22. The minimum Gasteiger partial charge on any atom is -0.748 e. The van der Waals surface area contributed by atoms with Gasteiger partial charge in [-0.2, -0.15) is 4.57 Å². The number of ether oxygens (including phenoxy) is 1. The van der Waals surface area contributed by atoms with Crippen LogP contribution in [0.25, 0.3) is 17.2 Å². The highest BCUT2D eigenvalue weighted by atomic mass is 35.5. The largest absolute Gasteiger partial charge is 0.748 e. The molecular weight excluding hydrogens is 354 g/mol. The SMILES string of the molecule is CCO/C(=C/c1oc2ccc(Cl)cc2[n+]1CCCS(=O)(=O)[O-])CC. The summed E-state index contributed by atoms with van der Waals surface area (Å²) in [7, 11) is -4.25. The number of nitrogens with zero attached hydrogens (tertiary/aromatic N) is 1. The summed E-state index contributed by atoms with van der Waals surface area (Å²) < 4.78 is 45.7. The highest BCUT2D eigenvalue weighted by Gasteiger charge is 2.22. The summed E-state index contributed by atoms with van der Waals surface area (Å²) in [5.41, 5.74) is 1.37. The third kappa shape index (κ3) is 4.96. The smallest absolute Gasteiger partial charge is 0.377 e. The molecule has 0 radical (unpaired) electrons. The minimum absolute atomic E-state index is 0.189. The third-order valence-corrected chi connectivity index (χ3v) is 4.45. The van der Waals surface area contributed by atoms with Crippen LogP contribution in [0.4, 0.5) is 0 Å². The standard InChI is InChI=1S/C16H20ClNO5S/c1-3-13(22-4-2)11-16-18(8-5-9-24(19,20)21)14-10-12(17)6-7-15(14)23-16/h6-7,10-11H,3-5,8-9H2,1-2H3/b13-11+. The van der Waals surface area contributed by atoms with Crippen LogP contribution in [-0.4, -0.2) is 25.3 Å². The maximum absolute atomic E-state index is 10.8. The molecule has 132 valence electrons. The van der Waals surface area contributed by atoms with Gasteiger partial charge in [0.15, 0.2) is 6.54 Å². The van der Waals surface area contributed by atoms with Crippen LogP contribution >= 0.6 is 11.6 Å². The van der Waals surface area contributed by atoms with Crippen LogP contribution in [0.5, 0.6) is 0 Å². The Labute approximate surface area is 146 Å². The summed E-state index contributed by atoms with van der Waals surface area (Å²) in [4.78, 5) is 0. The van der Waals surface area contributed by atoms with Gasteiger partial charge < -0.3 is 13.7 Å². The van der Waals surface area contributed by atoms with Gasteiger partial charge in [-0.1, -0.05) is 18.5 Å². The Balaban J connectivity index is 2.43. The van der Waals surface area contributed by atoms with Crippen molar-refractivity contribution in [2.45, 2.75) is 33.2 Å². The van der Waals surface area contributed by atoms with Crippen molar-refractivity contribution < 1.29 is 26.7 Å². The molecular formula is C16H20ClNO5S. The first-order valence-corrected chi connectivity index (χ1v) is 9.68. The first-order valence-electron chi connectivity index (χ1n) is 7.73. The molecule has 1 aromatic heterocycles. The molecule has 0 amide bonds. The molecule has 8 heteroatoms. The summed E-state index contributed by atoms with van der Waals surface area (Å²) in [5.74, 6) is 0.858. The van der Waals surface area contributed by atoms with Crippen molar-refractivity contribution in [3.05, 3.63) is 34.9 Å². The number of hydrogen-bond acceptors (Lipinski definition) is 5. The monoisotopic (exact) mass is 373 g/mol. The second kappa shape index (κ2) is 8.00. The van der Waals surface area contributed by atoms with Crippen molar-refractivity contribution in [2.24, 2.45) is 0 Å². The summed E-state index contributed by atoms with van der Waals surface area (Å²) in [6.07, 6.45) is 2.66. The molecule has 0 aliphatic heterocycles. The van der Waals surface area contributed by atoms with Crippen molar-refractivity contribution in [1.82, 2.24) is 0 Å². The topological polar surface area (TPSA) is 83.5 Å². The van der Waals surface area contributed by atoms with Crippen LogP contribution in [0.1, 0.15) is 32.6 Å². The Kier molecular flexibility index (Phi) is 6.26. The molecule has 1 aromatic carbocycles. The zero-order valence-electron chi connectivity index (χ0n) is 13.6. The summed E-state index contributed by atoms with van der Waals surface area (Å²) >= 11 is 6.05. The van der Waals surface area contributed by atoms with E-state index < -0.39 is 15.9 Å². The van der Waals surface area contributed by atoms with Crippen LogP contribution in [0.15, 0.2) is 28.4 Å². The minimum atomic E-state index is -4.25. The maximum Gasteiger partial charge on any atom is 0.377 e. The van der Waals surface area contributed by atoms with Crippen LogP contribution < -0.4 is 4.57 Å². The fourth-order valence-corrected chi connectivity index (χ4v) is 3.03. The Morgan fingerprint density at radius 1 is 1.42 bits per heavy atom. The number of aryl methyl sites for hydroxylation is 1. The van der Waals surface area contributed by atoms with Crippen molar-refractivity contribution >= 4 is 38.9 Å². The fourth-order valence-electron chi connectivity index (χ4n) is 2.38. The molecule has 0 aliphatic rings. The molecule has 24 heavy (non-hydrogen) atoms. The van der Waals surface area contributed by atoms with E-state index in [9.17, 15) is 13.0 Å². The van der Waals surface area contributed by atoms with E-state index >= 15 is 0 Å². The molecule has 2 rings (SSSR count). The van der Waals surface area contributed by atoms with Gasteiger partial charge in [0.1, 0.15) is 5.76 Å². The Morgan fingerprint density at radius 2 is 2.17 bits per heavy atom. The molecule has 0 atom stereocenters. The van der Waals surface area contributed by atoms with Gasteiger partial charge >= 0.3 is 5.89 Å². The molecule has 6 nitrogen and oxygen atoms in total. The highest BCUT2D eigenvalue weighted by Crippen LogP contribution is 2.21. The maximum atomic E-state index is 10.8. The predicted molar refractivity (Wildman–Crippen MR) is 90.5 cm³/mol. The lowest BCUT2D eigenvalue weighted by Crippen LogP contribution is -2.36. The second-order valence-electron chi connectivity index (χ2n) is 5.22.